The van der Waals surface area contributed by atoms with Gasteiger partial charge in [-0.2, -0.15) is 0 Å². The van der Waals surface area contributed by atoms with Crippen LogP contribution >= 0.6 is 0 Å². The first kappa shape index (κ1) is 14.3. The molecule has 108 valence electrons. The molecule has 2 rings (SSSR count). The average molecular weight is 266 g/mol. The minimum Gasteiger partial charge on any atom is -0.382 e. The predicted molar refractivity (Wildman–Crippen MR) is 77.8 cm³/mol. The first-order valence-electron chi connectivity index (χ1n) is 7.44. The number of piperazine rings is 1. The Kier molecular flexibility index (Phi) is 5.66. The molecule has 1 aliphatic rings. The summed E-state index contributed by atoms with van der Waals surface area (Å²) in [5.74, 6) is 1.13. The second kappa shape index (κ2) is 7.50. The van der Waals surface area contributed by atoms with E-state index in [1.807, 2.05) is 6.92 Å². The maximum Gasteiger partial charge on any atom is 0.205 e. The molecule has 0 radical (unpaired) electrons. The molecule has 1 aliphatic heterocycles. The number of aromatic nitrogens is 2. The van der Waals surface area contributed by atoms with E-state index in [0.29, 0.717) is 0 Å². The number of imidazole rings is 1. The molecule has 1 fully saturated rings. The quantitative estimate of drug-likeness (QED) is 0.755. The van der Waals surface area contributed by atoms with Gasteiger partial charge in [0.05, 0.1) is 5.69 Å². The lowest BCUT2D eigenvalue weighted by atomic mass is 10.4. The van der Waals surface area contributed by atoms with Crippen LogP contribution in [0.4, 0.5) is 5.95 Å². The van der Waals surface area contributed by atoms with Crippen molar-refractivity contribution >= 4 is 5.95 Å². The molecule has 2 heterocycles. The molecule has 0 atom stereocenters. The molecule has 0 amide bonds. The fourth-order valence-corrected chi connectivity index (χ4v) is 2.39. The molecule has 1 saturated heterocycles. The molecule has 0 bridgehead atoms. The van der Waals surface area contributed by atoms with Gasteiger partial charge in [-0.05, 0) is 19.8 Å². The van der Waals surface area contributed by atoms with Crippen molar-refractivity contribution in [3.05, 3.63) is 11.9 Å². The van der Waals surface area contributed by atoms with Crippen LogP contribution in [0.5, 0.6) is 0 Å². The molecule has 1 aromatic heterocycles. The Bertz CT molecular complexity index is 372. The molecule has 5 nitrogen and oxygen atoms in total. The summed E-state index contributed by atoms with van der Waals surface area (Å²) in [4.78, 5) is 7.16. The van der Waals surface area contributed by atoms with Gasteiger partial charge in [0.2, 0.25) is 5.95 Å². The lowest BCUT2D eigenvalue weighted by Gasteiger charge is -2.28. The van der Waals surface area contributed by atoms with Crippen molar-refractivity contribution in [2.75, 3.05) is 44.3 Å². The van der Waals surface area contributed by atoms with E-state index in [0.717, 1.165) is 64.7 Å². The summed E-state index contributed by atoms with van der Waals surface area (Å²) in [6.07, 6.45) is 4.24. The largest absolute Gasteiger partial charge is 0.382 e. The van der Waals surface area contributed by atoms with E-state index in [9.17, 15) is 0 Å². The molecule has 0 aliphatic carbocycles. The number of rotatable bonds is 7. The van der Waals surface area contributed by atoms with E-state index in [1.165, 1.54) is 5.69 Å². The standard InChI is InChI=1S/C14H26N4O/c1-3-13-12-18(8-5-11-19-4-2)14(16-13)17-9-6-15-7-10-17/h12,15H,3-11H2,1-2H3. The van der Waals surface area contributed by atoms with E-state index in [2.05, 4.69) is 27.9 Å². The van der Waals surface area contributed by atoms with Crippen LogP contribution in [0.15, 0.2) is 6.20 Å². The summed E-state index contributed by atoms with van der Waals surface area (Å²) in [6, 6.07) is 0. The Balaban J connectivity index is 2.00. The van der Waals surface area contributed by atoms with Gasteiger partial charge in [0.15, 0.2) is 0 Å². The van der Waals surface area contributed by atoms with E-state index in [4.69, 9.17) is 9.72 Å². The smallest absolute Gasteiger partial charge is 0.205 e. The van der Waals surface area contributed by atoms with E-state index >= 15 is 0 Å². The Morgan fingerprint density at radius 1 is 1.32 bits per heavy atom. The molecular weight excluding hydrogens is 240 g/mol. The van der Waals surface area contributed by atoms with Crippen LogP contribution in [0.2, 0.25) is 0 Å². The fraction of sp³-hybridized carbons (Fsp3) is 0.786. The second-order valence-corrected chi connectivity index (χ2v) is 4.87. The summed E-state index contributed by atoms with van der Waals surface area (Å²) in [5.41, 5.74) is 1.19. The minimum atomic E-state index is 0.800. The molecular formula is C14H26N4O. The van der Waals surface area contributed by atoms with Crippen molar-refractivity contribution in [3.8, 4) is 0 Å². The zero-order valence-corrected chi connectivity index (χ0v) is 12.2. The molecule has 5 heteroatoms. The van der Waals surface area contributed by atoms with E-state index in [1.54, 1.807) is 0 Å². The highest BCUT2D eigenvalue weighted by molar-refractivity contribution is 5.34. The van der Waals surface area contributed by atoms with Crippen LogP contribution in [0.1, 0.15) is 26.0 Å². The maximum atomic E-state index is 5.42. The van der Waals surface area contributed by atoms with Crippen molar-refractivity contribution < 1.29 is 4.74 Å². The first-order chi connectivity index (χ1) is 9.35. The Hall–Kier alpha value is -1.07. The number of ether oxygens (including phenoxy) is 1. The monoisotopic (exact) mass is 266 g/mol. The fourth-order valence-electron chi connectivity index (χ4n) is 2.39. The highest BCUT2D eigenvalue weighted by atomic mass is 16.5. The average Bonchev–Trinajstić information content (AvgIpc) is 2.88. The van der Waals surface area contributed by atoms with E-state index in [-0.39, 0.29) is 0 Å². The van der Waals surface area contributed by atoms with Crippen molar-refractivity contribution in [2.24, 2.45) is 0 Å². The second-order valence-electron chi connectivity index (χ2n) is 4.87. The van der Waals surface area contributed by atoms with Crippen molar-refractivity contribution in [1.29, 1.82) is 0 Å². The van der Waals surface area contributed by atoms with Gasteiger partial charge >= 0.3 is 0 Å². The van der Waals surface area contributed by atoms with Crippen molar-refractivity contribution in [3.63, 3.8) is 0 Å². The Morgan fingerprint density at radius 3 is 2.79 bits per heavy atom. The maximum absolute atomic E-state index is 5.42. The molecule has 0 saturated carbocycles. The third kappa shape index (κ3) is 3.94. The molecule has 1 aromatic rings. The zero-order valence-electron chi connectivity index (χ0n) is 12.2. The van der Waals surface area contributed by atoms with Crippen molar-refractivity contribution in [2.45, 2.75) is 33.2 Å². The van der Waals surface area contributed by atoms with Gasteiger partial charge in [-0.25, -0.2) is 4.98 Å². The highest BCUT2D eigenvalue weighted by Crippen LogP contribution is 2.16. The van der Waals surface area contributed by atoms with Crippen molar-refractivity contribution in [1.82, 2.24) is 14.9 Å². The lowest BCUT2D eigenvalue weighted by molar-refractivity contribution is 0.141. The Labute approximate surface area is 116 Å². The minimum absolute atomic E-state index is 0.800. The first-order valence-corrected chi connectivity index (χ1v) is 7.44. The number of aryl methyl sites for hydroxylation is 2. The summed E-state index contributed by atoms with van der Waals surface area (Å²) in [6.45, 7) is 11.0. The van der Waals surface area contributed by atoms with Gasteiger partial charge in [-0.3, -0.25) is 0 Å². The molecule has 0 spiro atoms. The molecule has 1 N–H and O–H groups in total. The third-order valence-electron chi connectivity index (χ3n) is 3.46. The zero-order chi connectivity index (χ0) is 13.5. The van der Waals surface area contributed by atoms with Gasteiger partial charge in [-0.1, -0.05) is 6.92 Å². The van der Waals surface area contributed by atoms with Crippen LogP contribution in [-0.4, -0.2) is 48.9 Å². The van der Waals surface area contributed by atoms with E-state index < -0.39 is 0 Å². The predicted octanol–water partition coefficient (Wildman–Crippen LogP) is 1.28. The third-order valence-corrected chi connectivity index (χ3v) is 3.46. The van der Waals surface area contributed by atoms with Gasteiger partial charge in [0.1, 0.15) is 0 Å². The number of nitrogens with zero attached hydrogens (tertiary/aromatic N) is 3. The topological polar surface area (TPSA) is 42.3 Å². The van der Waals surface area contributed by atoms with Crippen LogP contribution < -0.4 is 10.2 Å². The highest BCUT2D eigenvalue weighted by Gasteiger charge is 2.16. The Morgan fingerprint density at radius 2 is 2.11 bits per heavy atom. The lowest BCUT2D eigenvalue weighted by Crippen LogP contribution is -2.44. The van der Waals surface area contributed by atoms with Gasteiger partial charge in [0, 0.05) is 52.1 Å². The summed E-state index contributed by atoms with van der Waals surface area (Å²) in [5, 5.41) is 3.39. The van der Waals surface area contributed by atoms with Gasteiger partial charge in [0.25, 0.3) is 0 Å². The normalized spacial score (nSPS) is 16.0. The van der Waals surface area contributed by atoms with Gasteiger partial charge in [-0.15, -0.1) is 0 Å². The number of nitrogens with one attached hydrogen (secondary N) is 1. The van der Waals surface area contributed by atoms with Crippen LogP contribution in [-0.2, 0) is 17.7 Å². The van der Waals surface area contributed by atoms with Crippen LogP contribution in [0.3, 0.4) is 0 Å². The van der Waals surface area contributed by atoms with Crippen LogP contribution in [0, 0.1) is 0 Å². The summed E-state index contributed by atoms with van der Waals surface area (Å²) in [7, 11) is 0. The summed E-state index contributed by atoms with van der Waals surface area (Å²) < 4.78 is 7.71. The van der Waals surface area contributed by atoms with Crippen LogP contribution in [0.25, 0.3) is 0 Å². The molecule has 0 aromatic carbocycles. The number of hydrogen-bond acceptors (Lipinski definition) is 4. The number of hydrogen-bond donors (Lipinski definition) is 1. The molecule has 19 heavy (non-hydrogen) atoms. The number of anilines is 1. The van der Waals surface area contributed by atoms with Gasteiger partial charge < -0.3 is 19.5 Å². The molecule has 0 unspecified atom stereocenters. The summed E-state index contributed by atoms with van der Waals surface area (Å²) >= 11 is 0. The SMILES string of the molecule is CCOCCCn1cc(CC)nc1N1CCNCC1.